The molecule has 1 aliphatic heterocycles. The summed E-state index contributed by atoms with van der Waals surface area (Å²) in [6, 6.07) is 0. The van der Waals surface area contributed by atoms with Crippen LogP contribution in [-0.2, 0) is 0 Å². The summed E-state index contributed by atoms with van der Waals surface area (Å²) in [5.41, 5.74) is 0. The Balaban J connectivity index is 2.22. The predicted molar refractivity (Wildman–Crippen MR) is 67.0 cm³/mol. The van der Waals surface area contributed by atoms with Crippen molar-refractivity contribution >= 4 is 50.6 Å². The standard InChI is InChI=1S/C7H8Cl2N4S2/c8-5-6(10-7(9)12-11-5)13-1-3-14-15-4-2-13/h1-4H2. The van der Waals surface area contributed by atoms with Gasteiger partial charge in [0.05, 0.1) is 0 Å². The zero-order valence-corrected chi connectivity index (χ0v) is 10.8. The molecule has 0 radical (unpaired) electrons. The summed E-state index contributed by atoms with van der Waals surface area (Å²) < 4.78 is 0. The molecule has 0 spiro atoms. The maximum absolute atomic E-state index is 5.93. The number of nitrogens with zero attached hydrogens (tertiary/aromatic N) is 4. The number of halogens is 2. The molecular formula is C7H8Cl2N4S2. The van der Waals surface area contributed by atoms with Crippen molar-refractivity contribution in [2.24, 2.45) is 0 Å². The molecule has 8 heteroatoms. The molecule has 4 nitrogen and oxygen atoms in total. The molecule has 1 aromatic rings. The molecule has 0 N–H and O–H groups in total. The first-order valence-electron chi connectivity index (χ1n) is 4.32. The van der Waals surface area contributed by atoms with Crippen LogP contribution in [0.15, 0.2) is 0 Å². The van der Waals surface area contributed by atoms with Gasteiger partial charge in [-0.2, -0.15) is 4.98 Å². The summed E-state index contributed by atoms with van der Waals surface area (Å²) in [5, 5.41) is 7.80. The molecular weight excluding hydrogens is 275 g/mol. The number of anilines is 1. The molecule has 2 rings (SSSR count). The molecule has 0 atom stereocenters. The Bertz CT molecular complexity index is 344. The first kappa shape index (κ1) is 11.6. The summed E-state index contributed by atoms with van der Waals surface area (Å²) in [6.07, 6.45) is 0. The zero-order valence-electron chi connectivity index (χ0n) is 7.69. The lowest BCUT2D eigenvalue weighted by Gasteiger charge is -2.20. The maximum Gasteiger partial charge on any atom is 0.245 e. The van der Waals surface area contributed by atoms with Crippen molar-refractivity contribution in [3.63, 3.8) is 0 Å². The Morgan fingerprint density at radius 2 is 1.73 bits per heavy atom. The van der Waals surface area contributed by atoms with Gasteiger partial charge < -0.3 is 4.90 Å². The van der Waals surface area contributed by atoms with E-state index < -0.39 is 0 Å². The van der Waals surface area contributed by atoms with Crippen molar-refractivity contribution < 1.29 is 0 Å². The van der Waals surface area contributed by atoms with Gasteiger partial charge >= 0.3 is 0 Å². The largest absolute Gasteiger partial charge is 0.352 e. The van der Waals surface area contributed by atoms with Gasteiger partial charge in [0.25, 0.3) is 0 Å². The quantitative estimate of drug-likeness (QED) is 0.737. The van der Waals surface area contributed by atoms with E-state index in [4.69, 9.17) is 23.2 Å². The third-order valence-electron chi connectivity index (χ3n) is 1.87. The minimum Gasteiger partial charge on any atom is -0.352 e. The average Bonchev–Trinajstić information content (AvgIpc) is 2.50. The third kappa shape index (κ3) is 3.03. The van der Waals surface area contributed by atoms with E-state index in [0.717, 1.165) is 24.6 Å². The average molecular weight is 283 g/mol. The van der Waals surface area contributed by atoms with Gasteiger partial charge in [0.1, 0.15) is 0 Å². The molecule has 1 saturated heterocycles. The van der Waals surface area contributed by atoms with Crippen LogP contribution < -0.4 is 4.90 Å². The van der Waals surface area contributed by atoms with Crippen LogP contribution in [-0.4, -0.2) is 39.8 Å². The summed E-state index contributed by atoms with van der Waals surface area (Å²) in [5.74, 6) is 2.73. The van der Waals surface area contributed by atoms with Gasteiger partial charge in [0.15, 0.2) is 11.0 Å². The SMILES string of the molecule is Clc1nnc(Cl)c(N2CCSSCC2)n1. The van der Waals surface area contributed by atoms with E-state index in [1.807, 2.05) is 21.6 Å². The number of aromatic nitrogens is 3. The molecule has 0 amide bonds. The minimum absolute atomic E-state index is 0.138. The lowest BCUT2D eigenvalue weighted by Crippen LogP contribution is -2.28. The summed E-state index contributed by atoms with van der Waals surface area (Å²) in [7, 11) is 3.72. The van der Waals surface area contributed by atoms with Gasteiger partial charge in [-0.3, -0.25) is 0 Å². The van der Waals surface area contributed by atoms with Crippen molar-refractivity contribution in [1.82, 2.24) is 15.2 Å². The number of hydrogen-bond acceptors (Lipinski definition) is 6. The second kappa shape index (κ2) is 5.43. The lowest BCUT2D eigenvalue weighted by atomic mass is 10.5. The zero-order chi connectivity index (χ0) is 10.7. The highest BCUT2D eigenvalue weighted by Crippen LogP contribution is 2.28. The lowest BCUT2D eigenvalue weighted by molar-refractivity contribution is 0.836. The molecule has 1 aromatic heterocycles. The highest BCUT2D eigenvalue weighted by atomic mass is 35.5. The fourth-order valence-electron chi connectivity index (χ4n) is 1.22. The highest BCUT2D eigenvalue weighted by molar-refractivity contribution is 8.76. The third-order valence-corrected chi connectivity index (χ3v) is 4.64. The highest BCUT2D eigenvalue weighted by Gasteiger charge is 2.16. The summed E-state index contributed by atoms with van der Waals surface area (Å²) in [6.45, 7) is 1.82. The van der Waals surface area contributed by atoms with E-state index in [-0.39, 0.29) is 5.28 Å². The van der Waals surface area contributed by atoms with Crippen LogP contribution in [0.5, 0.6) is 0 Å². The van der Waals surface area contributed by atoms with Crippen molar-refractivity contribution in [1.29, 1.82) is 0 Å². The number of hydrogen-bond donors (Lipinski definition) is 0. The van der Waals surface area contributed by atoms with Gasteiger partial charge in [-0.15, -0.1) is 10.2 Å². The summed E-state index contributed by atoms with van der Waals surface area (Å²) >= 11 is 11.6. The van der Waals surface area contributed by atoms with Crippen molar-refractivity contribution in [3.05, 3.63) is 10.4 Å². The predicted octanol–water partition coefficient (Wildman–Crippen LogP) is 2.38. The van der Waals surface area contributed by atoms with Gasteiger partial charge in [-0.1, -0.05) is 33.2 Å². The van der Waals surface area contributed by atoms with Gasteiger partial charge in [-0.05, 0) is 11.6 Å². The van der Waals surface area contributed by atoms with E-state index in [2.05, 4.69) is 20.1 Å². The fraction of sp³-hybridized carbons (Fsp3) is 0.571. The second-order valence-corrected chi connectivity index (χ2v) is 6.22. The van der Waals surface area contributed by atoms with E-state index in [1.165, 1.54) is 0 Å². The van der Waals surface area contributed by atoms with Gasteiger partial charge in [-0.25, -0.2) is 0 Å². The molecule has 0 saturated carbocycles. The molecule has 82 valence electrons. The smallest absolute Gasteiger partial charge is 0.245 e. The topological polar surface area (TPSA) is 41.9 Å². The molecule has 0 bridgehead atoms. The first-order chi connectivity index (χ1) is 7.27. The molecule has 1 fully saturated rings. The van der Waals surface area contributed by atoms with Gasteiger partial charge in [0, 0.05) is 24.6 Å². The molecule has 0 unspecified atom stereocenters. The Hall–Kier alpha value is 0.0900. The Kier molecular flexibility index (Phi) is 4.19. The molecule has 2 heterocycles. The molecule has 1 aliphatic rings. The van der Waals surface area contributed by atoms with Crippen LogP contribution in [0.25, 0.3) is 0 Å². The fourth-order valence-corrected chi connectivity index (χ4v) is 3.52. The van der Waals surface area contributed by atoms with Crippen molar-refractivity contribution in [2.45, 2.75) is 0 Å². The van der Waals surface area contributed by atoms with Gasteiger partial charge in [0.2, 0.25) is 5.28 Å². The van der Waals surface area contributed by atoms with E-state index >= 15 is 0 Å². The van der Waals surface area contributed by atoms with Crippen LogP contribution in [0, 0.1) is 0 Å². The van der Waals surface area contributed by atoms with Crippen LogP contribution in [0.1, 0.15) is 0 Å². The van der Waals surface area contributed by atoms with E-state index in [1.54, 1.807) is 0 Å². The van der Waals surface area contributed by atoms with Crippen LogP contribution in [0.3, 0.4) is 0 Å². The Morgan fingerprint density at radius 3 is 2.40 bits per heavy atom. The maximum atomic E-state index is 5.93. The Morgan fingerprint density at radius 1 is 1.07 bits per heavy atom. The monoisotopic (exact) mass is 282 g/mol. The second-order valence-electron chi connectivity index (χ2n) is 2.83. The van der Waals surface area contributed by atoms with Crippen LogP contribution in [0.2, 0.25) is 10.4 Å². The minimum atomic E-state index is 0.138. The normalized spacial score (nSPS) is 17.6. The molecule has 0 aromatic carbocycles. The first-order valence-corrected chi connectivity index (χ1v) is 7.57. The van der Waals surface area contributed by atoms with Crippen molar-refractivity contribution in [2.75, 3.05) is 29.5 Å². The van der Waals surface area contributed by atoms with E-state index in [0.29, 0.717) is 11.0 Å². The molecule has 15 heavy (non-hydrogen) atoms. The van der Waals surface area contributed by atoms with E-state index in [9.17, 15) is 0 Å². The number of rotatable bonds is 1. The Labute approximate surface area is 106 Å². The molecule has 0 aliphatic carbocycles. The summed E-state index contributed by atoms with van der Waals surface area (Å²) in [4.78, 5) is 6.20. The van der Waals surface area contributed by atoms with Crippen molar-refractivity contribution in [3.8, 4) is 0 Å². The van der Waals surface area contributed by atoms with Crippen LogP contribution >= 0.6 is 44.8 Å². The van der Waals surface area contributed by atoms with Crippen LogP contribution in [0.4, 0.5) is 5.82 Å².